The first-order valence-electron chi connectivity index (χ1n) is 7.51. The molecule has 0 saturated carbocycles. The van der Waals surface area contributed by atoms with E-state index in [1.54, 1.807) is 6.07 Å². The average molecular weight is 330 g/mol. The van der Waals surface area contributed by atoms with Crippen LogP contribution in [0.25, 0.3) is 0 Å². The summed E-state index contributed by atoms with van der Waals surface area (Å²) in [4.78, 5) is 0.385. The molecule has 1 aromatic carbocycles. The van der Waals surface area contributed by atoms with Crippen molar-refractivity contribution in [2.45, 2.75) is 50.8 Å². The van der Waals surface area contributed by atoms with Gasteiger partial charge in [0.25, 0.3) is 0 Å². The minimum Gasteiger partial charge on any atom is -0.211 e. The van der Waals surface area contributed by atoms with Gasteiger partial charge in [-0.2, -0.15) is 0 Å². The van der Waals surface area contributed by atoms with Gasteiger partial charge in [-0.3, -0.25) is 0 Å². The van der Waals surface area contributed by atoms with Crippen molar-refractivity contribution in [3.8, 4) is 0 Å². The number of rotatable bonds is 7. The van der Waals surface area contributed by atoms with Gasteiger partial charge in [-0.05, 0) is 60.8 Å². The number of benzene rings is 1. The van der Waals surface area contributed by atoms with Crippen molar-refractivity contribution in [3.05, 3.63) is 29.3 Å². The molecule has 21 heavy (non-hydrogen) atoms. The Morgan fingerprint density at radius 3 is 2.67 bits per heavy atom. The van der Waals surface area contributed by atoms with Gasteiger partial charge in [0.1, 0.15) is 0 Å². The van der Waals surface area contributed by atoms with Crippen molar-refractivity contribution in [3.63, 3.8) is 0 Å². The zero-order chi connectivity index (χ0) is 15.5. The Hall–Kier alpha value is -0.580. The highest BCUT2D eigenvalue weighted by atomic mass is 35.5. The van der Waals surface area contributed by atoms with E-state index in [1.165, 1.54) is 11.1 Å². The van der Waals surface area contributed by atoms with Gasteiger partial charge in [0.15, 0.2) is 0 Å². The van der Waals surface area contributed by atoms with Crippen molar-refractivity contribution in [1.82, 2.24) is 4.72 Å². The molecule has 0 aliphatic heterocycles. The maximum atomic E-state index is 12.4. The van der Waals surface area contributed by atoms with Gasteiger partial charge in [0.05, 0.1) is 4.90 Å². The van der Waals surface area contributed by atoms with Crippen LogP contribution in [0.5, 0.6) is 0 Å². The summed E-state index contributed by atoms with van der Waals surface area (Å²) in [7, 11) is -3.42. The van der Waals surface area contributed by atoms with Gasteiger partial charge in [-0.1, -0.05) is 19.9 Å². The van der Waals surface area contributed by atoms with E-state index in [2.05, 4.69) is 18.6 Å². The lowest BCUT2D eigenvalue weighted by molar-refractivity contribution is 0.331. The second kappa shape index (κ2) is 6.67. The topological polar surface area (TPSA) is 46.2 Å². The zero-order valence-electron chi connectivity index (χ0n) is 12.8. The summed E-state index contributed by atoms with van der Waals surface area (Å²) < 4.78 is 27.6. The Balaban J connectivity index is 2.05. The summed E-state index contributed by atoms with van der Waals surface area (Å²) >= 11 is 5.71. The van der Waals surface area contributed by atoms with E-state index >= 15 is 0 Å². The quantitative estimate of drug-likeness (QED) is 0.778. The normalized spacial score (nSPS) is 15.2. The van der Waals surface area contributed by atoms with Crippen molar-refractivity contribution in [2.24, 2.45) is 5.41 Å². The number of aryl methyl sites for hydroxylation is 2. The van der Waals surface area contributed by atoms with Crippen LogP contribution in [0.1, 0.15) is 44.2 Å². The van der Waals surface area contributed by atoms with Crippen LogP contribution >= 0.6 is 11.6 Å². The van der Waals surface area contributed by atoms with E-state index in [0.717, 1.165) is 32.1 Å². The predicted molar refractivity (Wildman–Crippen MR) is 87.4 cm³/mol. The number of sulfonamides is 1. The molecule has 0 bridgehead atoms. The van der Waals surface area contributed by atoms with Gasteiger partial charge < -0.3 is 0 Å². The van der Waals surface area contributed by atoms with E-state index in [4.69, 9.17) is 11.6 Å². The summed E-state index contributed by atoms with van der Waals surface area (Å²) in [6.07, 6.45) is 4.98. The Kier molecular flexibility index (Phi) is 5.33. The molecule has 0 unspecified atom stereocenters. The molecule has 1 aliphatic rings. The third kappa shape index (κ3) is 4.44. The minimum atomic E-state index is -3.42. The first-order chi connectivity index (χ1) is 9.84. The number of halogens is 1. The van der Waals surface area contributed by atoms with Crippen molar-refractivity contribution < 1.29 is 8.42 Å². The monoisotopic (exact) mass is 329 g/mol. The summed E-state index contributed by atoms with van der Waals surface area (Å²) in [6.45, 7) is 4.55. The molecule has 0 spiro atoms. The Bertz CT molecular complexity index is 596. The molecule has 0 aromatic heterocycles. The van der Waals surface area contributed by atoms with Gasteiger partial charge in [-0.15, -0.1) is 11.6 Å². The van der Waals surface area contributed by atoms with Crippen molar-refractivity contribution in [2.75, 3.05) is 12.4 Å². The fraction of sp³-hybridized carbons (Fsp3) is 0.625. The maximum absolute atomic E-state index is 12.4. The number of alkyl halides is 1. The van der Waals surface area contributed by atoms with Crippen LogP contribution in [0.15, 0.2) is 23.1 Å². The fourth-order valence-electron chi connectivity index (χ4n) is 2.72. The highest BCUT2D eigenvalue weighted by molar-refractivity contribution is 7.89. The van der Waals surface area contributed by atoms with Gasteiger partial charge in [0.2, 0.25) is 10.0 Å². The molecule has 1 aromatic rings. The molecule has 0 radical (unpaired) electrons. The zero-order valence-corrected chi connectivity index (χ0v) is 14.4. The van der Waals surface area contributed by atoms with E-state index in [1.807, 2.05) is 12.1 Å². The highest BCUT2D eigenvalue weighted by Gasteiger charge is 2.23. The molecular weight excluding hydrogens is 306 g/mol. The van der Waals surface area contributed by atoms with Crippen molar-refractivity contribution >= 4 is 21.6 Å². The van der Waals surface area contributed by atoms with Crippen LogP contribution in [0, 0.1) is 5.41 Å². The molecule has 118 valence electrons. The van der Waals surface area contributed by atoms with Crippen LogP contribution in [-0.2, 0) is 22.9 Å². The lowest BCUT2D eigenvalue weighted by Gasteiger charge is -2.24. The Morgan fingerprint density at radius 2 is 1.95 bits per heavy atom. The second-order valence-corrected chi connectivity index (χ2v) is 8.71. The molecule has 2 rings (SSSR count). The average Bonchev–Trinajstić information content (AvgIpc) is 2.91. The van der Waals surface area contributed by atoms with Crippen LogP contribution in [-0.4, -0.2) is 20.8 Å². The number of fused-ring (bicyclic) bond motifs is 1. The van der Waals surface area contributed by atoms with Gasteiger partial charge in [0, 0.05) is 12.4 Å². The lowest BCUT2D eigenvalue weighted by atomic mass is 9.88. The molecule has 0 atom stereocenters. The third-order valence-electron chi connectivity index (χ3n) is 4.11. The largest absolute Gasteiger partial charge is 0.240 e. The standard InChI is InChI=1S/C16H24ClNO2S/c1-16(2,9-4-10-17)12-18-21(19,20)15-8-7-13-5-3-6-14(13)11-15/h7-8,11,18H,3-6,9-10,12H2,1-2H3. The smallest absolute Gasteiger partial charge is 0.211 e. The van der Waals surface area contributed by atoms with Crippen LogP contribution < -0.4 is 4.72 Å². The van der Waals surface area contributed by atoms with E-state index in [0.29, 0.717) is 17.3 Å². The van der Waals surface area contributed by atoms with Crippen LogP contribution in [0.2, 0.25) is 0 Å². The molecule has 3 nitrogen and oxygen atoms in total. The molecule has 0 amide bonds. The molecule has 0 saturated heterocycles. The second-order valence-electron chi connectivity index (χ2n) is 6.57. The van der Waals surface area contributed by atoms with Crippen molar-refractivity contribution in [1.29, 1.82) is 0 Å². The van der Waals surface area contributed by atoms with E-state index in [-0.39, 0.29) is 5.41 Å². The van der Waals surface area contributed by atoms with Crippen LogP contribution in [0.3, 0.4) is 0 Å². The number of hydrogen-bond acceptors (Lipinski definition) is 2. The van der Waals surface area contributed by atoms with E-state index < -0.39 is 10.0 Å². The maximum Gasteiger partial charge on any atom is 0.240 e. The summed E-state index contributed by atoms with van der Waals surface area (Å²) in [5, 5.41) is 0. The first-order valence-corrected chi connectivity index (χ1v) is 9.53. The molecule has 1 N–H and O–H groups in total. The summed E-state index contributed by atoms with van der Waals surface area (Å²) in [5.74, 6) is 0.612. The SMILES string of the molecule is CC(C)(CCCCl)CNS(=O)(=O)c1ccc2c(c1)CCC2. The number of nitrogens with one attached hydrogen (secondary N) is 1. The molecule has 1 aliphatic carbocycles. The first kappa shape index (κ1) is 16.8. The third-order valence-corrected chi connectivity index (χ3v) is 5.77. The van der Waals surface area contributed by atoms with Gasteiger partial charge >= 0.3 is 0 Å². The molecule has 0 heterocycles. The molecule has 0 fully saturated rings. The number of hydrogen-bond donors (Lipinski definition) is 1. The van der Waals surface area contributed by atoms with Gasteiger partial charge in [-0.25, -0.2) is 13.1 Å². The lowest BCUT2D eigenvalue weighted by Crippen LogP contribution is -2.34. The summed E-state index contributed by atoms with van der Waals surface area (Å²) in [5.41, 5.74) is 2.38. The Labute approximate surface area is 133 Å². The molecule has 5 heteroatoms. The Morgan fingerprint density at radius 1 is 1.24 bits per heavy atom. The van der Waals surface area contributed by atoms with E-state index in [9.17, 15) is 8.42 Å². The van der Waals surface area contributed by atoms with Crippen LogP contribution in [0.4, 0.5) is 0 Å². The predicted octanol–water partition coefficient (Wildman–Crippen LogP) is 3.50. The highest BCUT2D eigenvalue weighted by Crippen LogP contribution is 2.26. The molecular formula is C16H24ClNO2S. The minimum absolute atomic E-state index is 0.0846. The summed E-state index contributed by atoms with van der Waals surface area (Å²) in [6, 6.07) is 5.50. The fourth-order valence-corrected chi connectivity index (χ4v) is 4.15.